The predicted octanol–water partition coefficient (Wildman–Crippen LogP) is 3.54. The summed E-state index contributed by atoms with van der Waals surface area (Å²) >= 11 is 0. The van der Waals surface area contributed by atoms with Gasteiger partial charge in [-0.1, -0.05) is 37.6 Å². The van der Waals surface area contributed by atoms with Crippen molar-refractivity contribution in [2.24, 2.45) is 0 Å². The van der Waals surface area contributed by atoms with Crippen LogP contribution in [0.2, 0.25) is 0 Å². The first-order chi connectivity index (χ1) is 8.56. The number of hydrogen-bond acceptors (Lipinski definition) is 2. The van der Waals surface area contributed by atoms with Crippen LogP contribution in [0.5, 0.6) is 0 Å². The van der Waals surface area contributed by atoms with Crippen LogP contribution in [0.1, 0.15) is 50.3 Å². The Morgan fingerprint density at radius 2 is 1.89 bits per heavy atom. The third kappa shape index (κ3) is 4.43. The molecular weight excluding hydrogens is 222 g/mol. The van der Waals surface area contributed by atoms with E-state index in [-0.39, 0.29) is 6.10 Å². The van der Waals surface area contributed by atoms with E-state index in [2.05, 4.69) is 38.8 Å². The molecule has 1 aromatic rings. The van der Waals surface area contributed by atoms with Crippen LogP contribution in [-0.4, -0.2) is 29.6 Å². The van der Waals surface area contributed by atoms with Gasteiger partial charge in [-0.15, -0.1) is 0 Å². The Morgan fingerprint density at radius 3 is 2.50 bits per heavy atom. The molecule has 0 aliphatic carbocycles. The van der Waals surface area contributed by atoms with Crippen LogP contribution in [0.3, 0.4) is 0 Å². The lowest BCUT2D eigenvalue weighted by atomic mass is 10.0. The van der Waals surface area contributed by atoms with Gasteiger partial charge in [0.25, 0.3) is 0 Å². The van der Waals surface area contributed by atoms with E-state index >= 15 is 0 Å². The molecule has 2 atom stereocenters. The molecule has 0 radical (unpaired) electrons. The Kier molecular flexibility index (Phi) is 6.37. The summed E-state index contributed by atoms with van der Waals surface area (Å²) in [6, 6.07) is 8.69. The van der Waals surface area contributed by atoms with E-state index in [4.69, 9.17) is 0 Å². The molecule has 1 N–H and O–H groups in total. The first kappa shape index (κ1) is 15.2. The lowest BCUT2D eigenvalue weighted by Gasteiger charge is -2.25. The van der Waals surface area contributed by atoms with Gasteiger partial charge in [-0.2, -0.15) is 0 Å². The summed E-state index contributed by atoms with van der Waals surface area (Å²) in [6.07, 6.45) is 2.89. The largest absolute Gasteiger partial charge is 0.388 e. The van der Waals surface area contributed by atoms with Crippen molar-refractivity contribution in [3.8, 4) is 0 Å². The number of rotatable bonds is 7. The number of aryl methyl sites for hydroxylation is 1. The fraction of sp³-hybridized carbons (Fsp3) is 0.625. The molecule has 102 valence electrons. The first-order valence-electron chi connectivity index (χ1n) is 7.00. The van der Waals surface area contributed by atoms with Crippen molar-refractivity contribution in [1.29, 1.82) is 0 Å². The molecule has 1 rings (SSSR count). The summed E-state index contributed by atoms with van der Waals surface area (Å²) < 4.78 is 0. The molecule has 0 saturated carbocycles. The lowest BCUT2D eigenvalue weighted by Crippen LogP contribution is -2.30. The summed E-state index contributed by atoms with van der Waals surface area (Å²) in [5.41, 5.74) is 2.24. The minimum Gasteiger partial charge on any atom is -0.388 e. The molecule has 0 aliphatic rings. The molecule has 0 aromatic heterocycles. The van der Waals surface area contributed by atoms with Crippen molar-refractivity contribution in [3.05, 3.63) is 35.4 Å². The number of aliphatic hydroxyl groups excluding tert-OH is 1. The molecule has 0 saturated heterocycles. The molecule has 2 nitrogen and oxygen atoms in total. The highest BCUT2D eigenvalue weighted by Gasteiger charge is 2.13. The quantitative estimate of drug-likeness (QED) is 0.799. The third-order valence-electron chi connectivity index (χ3n) is 3.76. The van der Waals surface area contributed by atoms with Gasteiger partial charge in [-0.05, 0) is 44.9 Å². The number of benzene rings is 1. The van der Waals surface area contributed by atoms with E-state index in [0.717, 1.165) is 18.5 Å². The molecule has 0 spiro atoms. The monoisotopic (exact) mass is 249 g/mol. The SMILES string of the molecule is CCCC(C)N(C)CCC(O)c1ccccc1C. The van der Waals surface area contributed by atoms with E-state index in [9.17, 15) is 5.11 Å². The number of hydrogen-bond donors (Lipinski definition) is 1. The van der Waals surface area contributed by atoms with Crippen LogP contribution < -0.4 is 0 Å². The van der Waals surface area contributed by atoms with Crippen molar-refractivity contribution in [1.82, 2.24) is 4.90 Å². The summed E-state index contributed by atoms with van der Waals surface area (Å²) in [6.45, 7) is 7.47. The summed E-state index contributed by atoms with van der Waals surface area (Å²) in [7, 11) is 2.14. The maximum atomic E-state index is 10.2. The number of nitrogens with zero attached hydrogens (tertiary/aromatic N) is 1. The highest BCUT2D eigenvalue weighted by atomic mass is 16.3. The molecule has 0 heterocycles. The Labute approximate surface area is 112 Å². The molecule has 2 heteroatoms. The van der Waals surface area contributed by atoms with Crippen LogP contribution in [-0.2, 0) is 0 Å². The fourth-order valence-corrected chi connectivity index (χ4v) is 2.30. The van der Waals surface area contributed by atoms with Gasteiger partial charge in [0.15, 0.2) is 0 Å². The molecule has 0 fully saturated rings. The Morgan fingerprint density at radius 1 is 1.22 bits per heavy atom. The Bertz CT molecular complexity index is 351. The smallest absolute Gasteiger partial charge is 0.0804 e. The van der Waals surface area contributed by atoms with Crippen molar-refractivity contribution < 1.29 is 5.11 Å². The van der Waals surface area contributed by atoms with E-state index in [0.29, 0.717) is 6.04 Å². The van der Waals surface area contributed by atoms with Crippen LogP contribution in [0.4, 0.5) is 0 Å². The zero-order valence-corrected chi connectivity index (χ0v) is 12.2. The third-order valence-corrected chi connectivity index (χ3v) is 3.76. The topological polar surface area (TPSA) is 23.5 Å². The van der Waals surface area contributed by atoms with Gasteiger partial charge in [0.05, 0.1) is 6.10 Å². The van der Waals surface area contributed by atoms with Gasteiger partial charge >= 0.3 is 0 Å². The van der Waals surface area contributed by atoms with Gasteiger partial charge in [0, 0.05) is 12.6 Å². The van der Waals surface area contributed by atoms with Crippen molar-refractivity contribution in [2.45, 2.75) is 52.2 Å². The average Bonchev–Trinajstić information content (AvgIpc) is 2.36. The van der Waals surface area contributed by atoms with Gasteiger partial charge in [-0.3, -0.25) is 0 Å². The maximum Gasteiger partial charge on any atom is 0.0804 e. The normalized spacial score (nSPS) is 14.8. The predicted molar refractivity (Wildman–Crippen MR) is 77.8 cm³/mol. The van der Waals surface area contributed by atoms with Crippen LogP contribution in [0.15, 0.2) is 24.3 Å². The second-order valence-electron chi connectivity index (χ2n) is 5.28. The highest BCUT2D eigenvalue weighted by Crippen LogP contribution is 2.20. The Hall–Kier alpha value is -0.860. The maximum absolute atomic E-state index is 10.2. The van der Waals surface area contributed by atoms with E-state index < -0.39 is 0 Å². The van der Waals surface area contributed by atoms with E-state index in [1.54, 1.807) is 0 Å². The summed E-state index contributed by atoms with van der Waals surface area (Å²) in [5.74, 6) is 0. The Balaban J connectivity index is 2.46. The first-order valence-corrected chi connectivity index (χ1v) is 7.00. The highest BCUT2D eigenvalue weighted by molar-refractivity contribution is 5.27. The standard InChI is InChI=1S/C16H27NO/c1-5-8-14(3)17(4)12-11-16(18)15-10-7-6-9-13(15)2/h6-7,9-10,14,16,18H,5,8,11-12H2,1-4H3. The van der Waals surface area contributed by atoms with E-state index in [1.807, 2.05) is 18.2 Å². The second-order valence-corrected chi connectivity index (χ2v) is 5.28. The zero-order chi connectivity index (χ0) is 13.5. The molecular formula is C16H27NO. The minimum absolute atomic E-state index is 0.345. The van der Waals surface area contributed by atoms with Gasteiger partial charge < -0.3 is 10.0 Å². The molecule has 0 amide bonds. The zero-order valence-electron chi connectivity index (χ0n) is 12.2. The van der Waals surface area contributed by atoms with Crippen LogP contribution in [0, 0.1) is 6.92 Å². The van der Waals surface area contributed by atoms with Crippen LogP contribution >= 0.6 is 0 Å². The van der Waals surface area contributed by atoms with Gasteiger partial charge in [-0.25, -0.2) is 0 Å². The molecule has 0 bridgehead atoms. The number of aliphatic hydroxyl groups is 1. The molecule has 18 heavy (non-hydrogen) atoms. The summed E-state index contributed by atoms with van der Waals surface area (Å²) in [4.78, 5) is 2.34. The van der Waals surface area contributed by atoms with Crippen molar-refractivity contribution in [3.63, 3.8) is 0 Å². The van der Waals surface area contributed by atoms with Crippen molar-refractivity contribution in [2.75, 3.05) is 13.6 Å². The van der Waals surface area contributed by atoms with Gasteiger partial charge in [0.2, 0.25) is 0 Å². The van der Waals surface area contributed by atoms with Gasteiger partial charge in [0.1, 0.15) is 0 Å². The lowest BCUT2D eigenvalue weighted by molar-refractivity contribution is 0.136. The average molecular weight is 249 g/mol. The van der Waals surface area contributed by atoms with E-state index in [1.165, 1.54) is 18.4 Å². The summed E-state index contributed by atoms with van der Waals surface area (Å²) in [5, 5.41) is 10.2. The molecule has 2 unspecified atom stereocenters. The van der Waals surface area contributed by atoms with Crippen molar-refractivity contribution >= 4 is 0 Å². The second kappa shape index (κ2) is 7.55. The molecule has 0 aliphatic heterocycles. The van der Waals surface area contributed by atoms with Crippen LogP contribution in [0.25, 0.3) is 0 Å². The fourth-order valence-electron chi connectivity index (χ4n) is 2.30. The minimum atomic E-state index is -0.345. The molecule has 1 aromatic carbocycles.